The van der Waals surface area contributed by atoms with Crippen LogP contribution in [0.1, 0.15) is 26.7 Å². The molecule has 0 aromatic heterocycles. The molecule has 0 spiro atoms. The van der Waals surface area contributed by atoms with E-state index in [4.69, 9.17) is 10.5 Å². The summed E-state index contributed by atoms with van der Waals surface area (Å²) >= 11 is 3.26. The Kier molecular flexibility index (Phi) is 8.20. The second-order valence-electron chi connectivity index (χ2n) is 4.59. The van der Waals surface area contributed by atoms with Gasteiger partial charge in [-0.25, -0.2) is 13.1 Å². The minimum absolute atomic E-state index is 0. The van der Waals surface area contributed by atoms with Crippen LogP contribution in [0.4, 0.5) is 0 Å². The Labute approximate surface area is 141 Å². The van der Waals surface area contributed by atoms with Gasteiger partial charge in [0, 0.05) is 22.6 Å². The zero-order chi connectivity index (χ0) is 15.4. The number of nitrogens with two attached hydrogens (primary N) is 1. The molecule has 1 rings (SSSR count). The summed E-state index contributed by atoms with van der Waals surface area (Å²) in [6.07, 6.45) is 1.25. The van der Waals surface area contributed by atoms with Gasteiger partial charge in [-0.15, -0.1) is 12.4 Å². The minimum Gasteiger partial charge on any atom is -0.497 e. The van der Waals surface area contributed by atoms with E-state index in [-0.39, 0.29) is 23.8 Å². The molecule has 3 N–H and O–H groups in total. The van der Waals surface area contributed by atoms with Gasteiger partial charge < -0.3 is 10.5 Å². The van der Waals surface area contributed by atoms with Gasteiger partial charge in [-0.2, -0.15) is 0 Å². The highest BCUT2D eigenvalue weighted by Gasteiger charge is 2.31. The van der Waals surface area contributed by atoms with E-state index in [2.05, 4.69) is 20.7 Å². The first kappa shape index (κ1) is 20.7. The van der Waals surface area contributed by atoms with Crippen LogP contribution < -0.4 is 15.2 Å². The lowest BCUT2D eigenvalue weighted by molar-refractivity contribution is 0.363. The van der Waals surface area contributed by atoms with E-state index in [1.54, 1.807) is 12.1 Å². The van der Waals surface area contributed by atoms with Gasteiger partial charge in [0.15, 0.2) is 0 Å². The van der Waals surface area contributed by atoms with Crippen molar-refractivity contribution in [2.45, 2.75) is 37.1 Å². The molecule has 0 heterocycles. The van der Waals surface area contributed by atoms with Crippen molar-refractivity contribution in [3.05, 3.63) is 22.7 Å². The van der Waals surface area contributed by atoms with Crippen LogP contribution in [0, 0.1) is 0 Å². The van der Waals surface area contributed by atoms with Gasteiger partial charge in [-0.1, -0.05) is 13.8 Å². The summed E-state index contributed by atoms with van der Waals surface area (Å²) in [5.74, 6) is 0.486. The monoisotopic (exact) mass is 400 g/mol. The number of benzene rings is 1. The van der Waals surface area contributed by atoms with E-state index >= 15 is 0 Å². The SMILES string of the molecule is CCC(CC)(CN)NS(=O)(=O)c1cc(OC)ccc1Br.Cl. The third-order valence-electron chi connectivity index (χ3n) is 3.52. The fraction of sp³-hybridized carbons (Fsp3) is 0.538. The molecule has 0 aliphatic heterocycles. The van der Waals surface area contributed by atoms with E-state index < -0.39 is 15.6 Å². The second kappa shape index (κ2) is 8.33. The normalized spacial score (nSPS) is 11.9. The number of ether oxygens (including phenoxy) is 1. The number of hydrogen-bond acceptors (Lipinski definition) is 4. The van der Waals surface area contributed by atoms with Gasteiger partial charge in [0.1, 0.15) is 5.75 Å². The highest BCUT2D eigenvalue weighted by atomic mass is 79.9. The molecule has 0 saturated heterocycles. The van der Waals surface area contributed by atoms with E-state index in [1.807, 2.05) is 13.8 Å². The Bertz CT molecular complexity index is 554. The molecule has 0 saturated carbocycles. The Hall–Kier alpha value is -0.340. The summed E-state index contributed by atoms with van der Waals surface area (Å²) in [5, 5.41) is 0. The standard InChI is InChI=1S/C13H21BrN2O3S.ClH/c1-4-13(5-2,9-15)16-20(17,18)12-8-10(19-3)6-7-11(12)14;/h6-8,16H,4-5,9,15H2,1-3H3;1H. The van der Waals surface area contributed by atoms with Crippen LogP contribution in [-0.2, 0) is 10.0 Å². The van der Waals surface area contributed by atoms with E-state index in [9.17, 15) is 8.42 Å². The van der Waals surface area contributed by atoms with Crippen molar-refractivity contribution >= 4 is 38.4 Å². The van der Waals surface area contributed by atoms with Crippen molar-refractivity contribution < 1.29 is 13.2 Å². The van der Waals surface area contributed by atoms with Crippen molar-refractivity contribution in [1.82, 2.24) is 4.72 Å². The van der Waals surface area contributed by atoms with E-state index in [0.717, 1.165) is 0 Å². The lowest BCUT2D eigenvalue weighted by atomic mass is 9.95. The first-order valence-corrected chi connectivity index (χ1v) is 8.69. The van der Waals surface area contributed by atoms with Gasteiger partial charge in [0.05, 0.1) is 12.0 Å². The van der Waals surface area contributed by atoms with E-state index in [1.165, 1.54) is 13.2 Å². The third-order valence-corrected chi connectivity index (χ3v) is 6.10. The number of nitrogens with one attached hydrogen (secondary N) is 1. The molecule has 0 amide bonds. The zero-order valence-corrected chi connectivity index (χ0v) is 15.6. The summed E-state index contributed by atoms with van der Waals surface area (Å²) in [4.78, 5) is 0.150. The highest BCUT2D eigenvalue weighted by Crippen LogP contribution is 2.28. The highest BCUT2D eigenvalue weighted by molar-refractivity contribution is 9.10. The van der Waals surface area contributed by atoms with Crippen molar-refractivity contribution in [2.75, 3.05) is 13.7 Å². The first-order valence-electron chi connectivity index (χ1n) is 6.41. The maximum absolute atomic E-state index is 12.6. The van der Waals surface area contributed by atoms with Gasteiger partial charge in [-0.05, 0) is 40.9 Å². The molecule has 8 heteroatoms. The lowest BCUT2D eigenvalue weighted by Gasteiger charge is -2.31. The molecule has 5 nitrogen and oxygen atoms in total. The molecule has 0 radical (unpaired) electrons. The summed E-state index contributed by atoms with van der Waals surface area (Å²) < 4.78 is 33.4. The van der Waals surface area contributed by atoms with Crippen LogP contribution in [0.15, 0.2) is 27.6 Å². The molecule has 1 aromatic carbocycles. The second-order valence-corrected chi connectivity index (χ2v) is 7.10. The summed E-state index contributed by atoms with van der Waals surface area (Å²) in [6, 6.07) is 4.83. The molecule has 21 heavy (non-hydrogen) atoms. The average molecular weight is 402 g/mol. The molecule has 0 aliphatic carbocycles. The molecular weight excluding hydrogens is 380 g/mol. The molecular formula is C13H22BrClN2O3S. The van der Waals surface area contributed by atoms with Crippen LogP contribution in [0.5, 0.6) is 5.75 Å². The molecule has 0 bridgehead atoms. The van der Waals surface area contributed by atoms with Crippen LogP contribution in [0.2, 0.25) is 0 Å². The maximum atomic E-state index is 12.6. The fourth-order valence-corrected chi connectivity index (χ4v) is 4.42. The molecule has 0 aliphatic rings. The van der Waals surface area contributed by atoms with Crippen LogP contribution in [-0.4, -0.2) is 27.6 Å². The van der Waals surface area contributed by atoms with Crippen molar-refractivity contribution in [2.24, 2.45) is 5.73 Å². The smallest absolute Gasteiger partial charge is 0.242 e. The van der Waals surface area contributed by atoms with Gasteiger partial charge >= 0.3 is 0 Å². The molecule has 0 atom stereocenters. The Morgan fingerprint density at radius 1 is 1.33 bits per heavy atom. The van der Waals surface area contributed by atoms with Crippen molar-refractivity contribution in [1.29, 1.82) is 0 Å². The summed E-state index contributed by atoms with van der Waals surface area (Å²) in [5.41, 5.74) is 5.12. The van der Waals surface area contributed by atoms with Crippen LogP contribution >= 0.6 is 28.3 Å². The predicted octanol–water partition coefficient (Wildman–Crippen LogP) is 2.68. The topological polar surface area (TPSA) is 81.4 Å². The van der Waals surface area contributed by atoms with Gasteiger partial charge in [0.25, 0.3) is 0 Å². The summed E-state index contributed by atoms with van der Waals surface area (Å²) in [6.45, 7) is 4.08. The Morgan fingerprint density at radius 2 is 1.90 bits per heavy atom. The predicted molar refractivity (Wildman–Crippen MR) is 90.6 cm³/mol. The van der Waals surface area contributed by atoms with Gasteiger partial charge in [-0.3, -0.25) is 0 Å². The van der Waals surface area contributed by atoms with Crippen molar-refractivity contribution in [3.8, 4) is 5.75 Å². The number of hydrogen-bond donors (Lipinski definition) is 2. The Morgan fingerprint density at radius 3 is 2.33 bits per heavy atom. The first-order chi connectivity index (χ1) is 9.34. The zero-order valence-electron chi connectivity index (χ0n) is 12.3. The molecule has 122 valence electrons. The van der Waals surface area contributed by atoms with Crippen molar-refractivity contribution in [3.63, 3.8) is 0 Å². The summed E-state index contributed by atoms with van der Waals surface area (Å²) in [7, 11) is -2.18. The average Bonchev–Trinajstić information content (AvgIpc) is 2.45. The number of rotatable bonds is 7. The quantitative estimate of drug-likeness (QED) is 0.736. The lowest BCUT2D eigenvalue weighted by Crippen LogP contribution is -2.52. The number of sulfonamides is 1. The molecule has 0 fully saturated rings. The minimum atomic E-state index is -3.67. The van der Waals surface area contributed by atoms with Gasteiger partial charge in [0.2, 0.25) is 10.0 Å². The molecule has 0 unspecified atom stereocenters. The van der Waals surface area contributed by atoms with E-state index in [0.29, 0.717) is 23.1 Å². The Balaban J connectivity index is 0.00000400. The fourth-order valence-electron chi connectivity index (χ4n) is 1.88. The largest absolute Gasteiger partial charge is 0.497 e. The number of methoxy groups -OCH3 is 1. The number of halogens is 2. The third kappa shape index (κ3) is 4.82. The van der Waals surface area contributed by atoms with Crippen LogP contribution in [0.3, 0.4) is 0 Å². The van der Waals surface area contributed by atoms with Crippen LogP contribution in [0.25, 0.3) is 0 Å². The molecule has 1 aromatic rings. The maximum Gasteiger partial charge on any atom is 0.242 e.